The van der Waals surface area contributed by atoms with Crippen molar-refractivity contribution in [2.45, 2.75) is 6.92 Å². The number of nitrogens with zero attached hydrogens (tertiary/aromatic N) is 1. The minimum atomic E-state index is -0.681. The summed E-state index contributed by atoms with van der Waals surface area (Å²) in [6, 6.07) is 8.24. The Balaban J connectivity index is 2.49. The molecule has 0 atom stereocenters. The largest absolute Gasteiger partial charge is 0.464 e. The molecule has 0 unspecified atom stereocenters. The molecular formula is C15H12FNO3. The Kier molecular flexibility index (Phi) is 3.89. The second kappa shape index (κ2) is 5.61. The lowest BCUT2D eigenvalue weighted by Crippen LogP contribution is -2.14. The van der Waals surface area contributed by atoms with Crippen LogP contribution in [0.1, 0.15) is 32.1 Å². The maximum Gasteiger partial charge on any atom is 0.357 e. The molecule has 0 aliphatic rings. The SMILES string of the molecule is COC(=O)c1nc(C)ccc1C(=O)c1ccc(F)cc1. The lowest BCUT2D eigenvalue weighted by Gasteiger charge is -2.07. The second-order valence-electron chi connectivity index (χ2n) is 4.18. The number of carbonyl (C=O) groups excluding carboxylic acids is 2. The topological polar surface area (TPSA) is 56.3 Å². The van der Waals surface area contributed by atoms with Crippen LogP contribution in [0, 0.1) is 12.7 Å². The Hall–Kier alpha value is -2.56. The molecule has 0 fully saturated rings. The molecule has 2 rings (SSSR count). The lowest BCUT2D eigenvalue weighted by molar-refractivity contribution is 0.0590. The number of aromatic nitrogens is 1. The van der Waals surface area contributed by atoms with Gasteiger partial charge in [0.25, 0.3) is 0 Å². The van der Waals surface area contributed by atoms with Gasteiger partial charge in [0.2, 0.25) is 0 Å². The number of halogens is 1. The second-order valence-corrected chi connectivity index (χ2v) is 4.18. The van der Waals surface area contributed by atoms with Crippen molar-refractivity contribution < 1.29 is 18.7 Å². The molecule has 0 N–H and O–H groups in total. The normalized spacial score (nSPS) is 10.2. The van der Waals surface area contributed by atoms with Gasteiger partial charge in [-0.05, 0) is 43.3 Å². The number of ether oxygens (including phenoxy) is 1. The molecule has 2 aromatic rings. The predicted molar refractivity (Wildman–Crippen MR) is 70.1 cm³/mol. The van der Waals surface area contributed by atoms with E-state index in [1.54, 1.807) is 13.0 Å². The summed E-state index contributed by atoms with van der Waals surface area (Å²) in [4.78, 5) is 28.1. The van der Waals surface area contributed by atoms with Crippen LogP contribution >= 0.6 is 0 Å². The van der Waals surface area contributed by atoms with Crippen molar-refractivity contribution in [3.63, 3.8) is 0 Å². The Morgan fingerprint density at radius 2 is 1.75 bits per heavy atom. The van der Waals surface area contributed by atoms with Gasteiger partial charge in [0, 0.05) is 11.3 Å². The van der Waals surface area contributed by atoms with Crippen molar-refractivity contribution in [3.8, 4) is 0 Å². The molecule has 0 radical (unpaired) electrons. The number of hydrogen-bond acceptors (Lipinski definition) is 4. The van der Waals surface area contributed by atoms with Crippen LogP contribution in [-0.4, -0.2) is 23.8 Å². The first kappa shape index (κ1) is 13.9. The Morgan fingerprint density at radius 1 is 1.10 bits per heavy atom. The van der Waals surface area contributed by atoms with Crippen molar-refractivity contribution >= 4 is 11.8 Å². The fourth-order valence-corrected chi connectivity index (χ4v) is 1.75. The zero-order valence-corrected chi connectivity index (χ0v) is 11.0. The molecule has 4 nitrogen and oxygen atoms in total. The molecule has 1 aromatic heterocycles. The minimum absolute atomic E-state index is 0.0400. The number of esters is 1. The molecule has 102 valence electrons. The summed E-state index contributed by atoms with van der Waals surface area (Å²) in [6.45, 7) is 1.71. The van der Waals surface area contributed by atoms with Gasteiger partial charge in [0.05, 0.1) is 12.7 Å². The van der Waals surface area contributed by atoms with E-state index in [1.165, 1.54) is 37.4 Å². The summed E-state index contributed by atoms with van der Waals surface area (Å²) in [6.07, 6.45) is 0. The van der Waals surface area contributed by atoms with E-state index in [4.69, 9.17) is 0 Å². The first-order valence-corrected chi connectivity index (χ1v) is 5.89. The first-order valence-electron chi connectivity index (χ1n) is 5.89. The Morgan fingerprint density at radius 3 is 2.35 bits per heavy atom. The van der Waals surface area contributed by atoms with Crippen LogP contribution < -0.4 is 0 Å². The summed E-state index contributed by atoms with van der Waals surface area (Å²) >= 11 is 0. The number of rotatable bonds is 3. The smallest absolute Gasteiger partial charge is 0.357 e. The molecule has 0 saturated carbocycles. The maximum absolute atomic E-state index is 12.9. The van der Waals surface area contributed by atoms with Crippen LogP contribution in [-0.2, 0) is 4.74 Å². The van der Waals surface area contributed by atoms with E-state index in [0.717, 1.165) is 0 Å². The van der Waals surface area contributed by atoms with Crippen LogP contribution in [0.15, 0.2) is 36.4 Å². The number of carbonyl (C=O) groups is 2. The number of methoxy groups -OCH3 is 1. The average molecular weight is 273 g/mol. The Bertz CT molecular complexity index is 665. The fraction of sp³-hybridized carbons (Fsp3) is 0.133. The number of aryl methyl sites for hydroxylation is 1. The molecule has 0 bridgehead atoms. The van der Waals surface area contributed by atoms with E-state index in [-0.39, 0.29) is 16.8 Å². The van der Waals surface area contributed by atoms with Gasteiger partial charge < -0.3 is 4.74 Å². The molecular weight excluding hydrogens is 261 g/mol. The molecule has 5 heteroatoms. The van der Waals surface area contributed by atoms with E-state index in [1.807, 2.05) is 0 Å². The third-order valence-electron chi connectivity index (χ3n) is 2.76. The standard InChI is InChI=1S/C15H12FNO3/c1-9-3-8-12(13(17-9)15(19)20-2)14(18)10-4-6-11(16)7-5-10/h3-8H,1-2H3. The van der Waals surface area contributed by atoms with Gasteiger partial charge in [-0.2, -0.15) is 0 Å². The van der Waals surface area contributed by atoms with Crippen molar-refractivity contribution in [2.24, 2.45) is 0 Å². The van der Waals surface area contributed by atoms with E-state index in [2.05, 4.69) is 9.72 Å². The number of ketones is 1. The molecule has 0 aliphatic heterocycles. The highest BCUT2D eigenvalue weighted by Gasteiger charge is 2.20. The minimum Gasteiger partial charge on any atom is -0.464 e. The van der Waals surface area contributed by atoms with Gasteiger partial charge in [0.15, 0.2) is 11.5 Å². The molecule has 0 amide bonds. The zero-order valence-electron chi connectivity index (χ0n) is 11.0. The van der Waals surface area contributed by atoms with E-state index in [0.29, 0.717) is 5.69 Å². The molecule has 20 heavy (non-hydrogen) atoms. The Labute approximate surface area is 115 Å². The van der Waals surface area contributed by atoms with Crippen LogP contribution in [0.2, 0.25) is 0 Å². The fourth-order valence-electron chi connectivity index (χ4n) is 1.75. The van der Waals surface area contributed by atoms with E-state index >= 15 is 0 Å². The van der Waals surface area contributed by atoms with Gasteiger partial charge in [-0.15, -0.1) is 0 Å². The number of benzene rings is 1. The number of hydrogen-bond donors (Lipinski definition) is 0. The van der Waals surface area contributed by atoms with Crippen molar-refractivity contribution in [2.75, 3.05) is 7.11 Å². The summed E-state index contributed by atoms with van der Waals surface area (Å²) in [5.74, 6) is -1.52. The van der Waals surface area contributed by atoms with Crippen LogP contribution in [0.3, 0.4) is 0 Å². The third kappa shape index (κ3) is 2.71. The van der Waals surface area contributed by atoms with Crippen molar-refractivity contribution in [1.29, 1.82) is 0 Å². The first-order chi connectivity index (χ1) is 9.52. The summed E-state index contributed by atoms with van der Waals surface area (Å²) in [5.41, 5.74) is 0.971. The summed E-state index contributed by atoms with van der Waals surface area (Å²) in [5, 5.41) is 0. The van der Waals surface area contributed by atoms with Crippen molar-refractivity contribution in [3.05, 3.63) is 64.7 Å². The lowest BCUT2D eigenvalue weighted by atomic mass is 10.0. The maximum atomic E-state index is 12.9. The highest BCUT2D eigenvalue weighted by Crippen LogP contribution is 2.15. The number of pyridine rings is 1. The van der Waals surface area contributed by atoms with Gasteiger partial charge in [0.1, 0.15) is 5.82 Å². The van der Waals surface area contributed by atoms with E-state index < -0.39 is 17.6 Å². The van der Waals surface area contributed by atoms with Crippen molar-refractivity contribution in [1.82, 2.24) is 4.98 Å². The van der Waals surface area contributed by atoms with Crippen LogP contribution in [0.25, 0.3) is 0 Å². The third-order valence-corrected chi connectivity index (χ3v) is 2.76. The average Bonchev–Trinajstić information content (AvgIpc) is 2.46. The van der Waals surface area contributed by atoms with Gasteiger partial charge in [-0.25, -0.2) is 14.2 Å². The quantitative estimate of drug-likeness (QED) is 0.637. The molecule has 1 heterocycles. The van der Waals surface area contributed by atoms with E-state index in [9.17, 15) is 14.0 Å². The monoisotopic (exact) mass is 273 g/mol. The molecule has 0 aliphatic carbocycles. The highest BCUT2D eigenvalue weighted by molar-refractivity contribution is 6.13. The zero-order chi connectivity index (χ0) is 14.7. The predicted octanol–water partition coefficient (Wildman–Crippen LogP) is 2.55. The molecule has 1 aromatic carbocycles. The highest BCUT2D eigenvalue weighted by atomic mass is 19.1. The van der Waals surface area contributed by atoms with Gasteiger partial charge in [-0.3, -0.25) is 4.79 Å². The van der Waals surface area contributed by atoms with Crippen LogP contribution in [0.5, 0.6) is 0 Å². The molecule has 0 saturated heterocycles. The summed E-state index contributed by atoms with van der Waals surface area (Å²) < 4.78 is 17.5. The summed E-state index contributed by atoms with van der Waals surface area (Å²) in [7, 11) is 1.22. The van der Waals surface area contributed by atoms with Gasteiger partial charge >= 0.3 is 5.97 Å². The van der Waals surface area contributed by atoms with Crippen LogP contribution in [0.4, 0.5) is 4.39 Å². The van der Waals surface area contributed by atoms with Gasteiger partial charge in [-0.1, -0.05) is 0 Å². The molecule has 0 spiro atoms.